The monoisotopic (exact) mass is 408 g/mol. The Balaban J connectivity index is 0.00000324. The summed E-state index contributed by atoms with van der Waals surface area (Å²) in [6, 6.07) is 7.85. The molecule has 0 aromatic heterocycles. The van der Waals surface area contributed by atoms with E-state index in [1.807, 2.05) is 18.2 Å². The molecule has 0 spiro atoms. The second-order valence-electron chi connectivity index (χ2n) is 4.64. The number of hydrogen-bond acceptors (Lipinski definition) is 2. The number of rotatable bonds is 10. The summed E-state index contributed by atoms with van der Waals surface area (Å²) < 4.78 is 15.5. The van der Waals surface area contributed by atoms with Crippen molar-refractivity contribution < 1.29 is 49.9 Å². The summed E-state index contributed by atoms with van der Waals surface area (Å²) in [5.74, 6) is 0.750. The third-order valence-corrected chi connectivity index (χ3v) is 3.43. The molecular formula is C15H23NdO2P. The predicted octanol–water partition coefficient (Wildman–Crippen LogP) is 5.57. The topological polar surface area (TPSA) is 26.3 Å². The molecule has 19 heavy (non-hydrogen) atoms. The zero-order chi connectivity index (χ0) is 13.1. The van der Waals surface area contributed by atoms with Gasteiger partial charge in [-0.1, -0.05) is 63.6 Å². The first-order valence-corrected chi connectivity index (χ1v) is 7.69. The summed E-state index contributed by atoms with van der Waals surface area (Å²) in [5.41, 5.74) is 1.16. The van der Waals surface area contributed by atoms with E-state index in [1.54, 1.807) is 0 Å². The molecule has 1 aromatic carbocycles. The number of aryl methyl sites for hydroxylation is 1. The van der Waals surface area contributed by atoms with E-state index in [2.05, 4.69) is 13.0 Å². The van der Waals surface area contributed by atoms with E-state index in [0.29, 0.717) is 0 Å². The summed E-state index contributed by atoms with van der Waals surface area (Å²) in [5, 5.41) is 0. The first-order valence-electron chi connectivity index (χ1n) is 6.96. The molecule has 0 aliphatic carbocycles. The number of para-hydroxylation sites is 1. The van der Waals surface area contributed by atoms with Gasteiger partial charge in [-0.3, -0.25) is 0 Å². The van der Waals surface area contributed by atoms with Gasteiger partial charge in [0.2, 0.25) is 0 Å². The van der Waals surface area contributed by atoms with E-state index in [0.717, 1.165) is 17.7 Å². The minimum absolute atomic E-state index is 0. The number of hydrogen-bond donors (Lipinski definition) is 0. The molecule has 0 aliphatic heterocycles. The maximum Gasteiger partial charge on any atom is 0.395 e. The largest absolute Gasteiger partial charge is 0.407 e. The standard InChI is InChI=1S/C15H23O2P.Nd/c1-2-3-4-5-6-7-8-11-14-12-9-10-13-15(14)17-18-16;/h9-10,12-13H,2-8,11H2,1H3;. The molecule has 0 heterocycles. The zero-order valence-electron chi connectivity index (χ0n) is 11.7. The fraction of sp³-hybridized carbons (Fsp3) is 0.600. The summed E-state index contributed by atoms with van der Waals surface area (Å²) in [4.78, 5) is 0. The molecule has 104 valence electrons. The van der Waals surface area contributed by atoms with Crippen LogP contribution in [0.2, 0.25) is 0 Å². The molecule has 0 unspecified atom stereocenters. The Labute approximate surface area is 151 Å². The Morgan fingerprint density at radius 1 is 1.00 bits per heavy atom. The Bertz CT molecular complexity index is 345. The molecule has 0 bridgehead atoms. The van der Waals surface area contributed by atoms with Gasteiger partial charge in [0.1, 0.15) is 5.75 Å². The van der Waals surface area contributed by atoms with E-state index in [9.17, 15) is 4.57 Å². The van der Waals surface area contributed by atoms with Gasteiger partial charge in [0.25, 0.3) is 0 Å². The fourth-order valence-corrected chi connectivity index (χ4v) is 2.37. The van der Waals surface area contributed by atoms with Crippen molar-refractivity contribution in [2.75, 3.05) is 0 Å². The SMILES string of the molecule is CCCCCCCCCc1ccccc1OP=O.[Nd]. The van der Waals surface area contributed by atoms with Crippen LogP contribution in [0.1, 0.15) is 57.4 Å². The molecule has 0 fully saturated rings. The van der Waals surface area contributed by atoms with Crippen LogP contribution in [0.4, 0.5) is 0 Å². The van der Waals surface area contributed by atoms with Crippen molar-refractivity contribution in [1.29, 1.82) is 0 Å². The Hall–Kier alpha value is 0.471. The molecule has 4 heteroatoms. The number of benzene rings is 1. The van der Waals surface area contributed by atoms with Crippen molar-refractivity contribution >= 4 is 8.69 Å². The van der Waals surface area contributed by atoms with E-state index >= 15 is 0 Å². The van der Waals surface area contributed by atoms with Gasteiger partial charge in [-0.15, -0.1) is 0 Å². The summed E-state index contributed by atoms with van der Waals surface area (Å²) in [7, 11) is -0.271. The third kappa shape index (κ3) is 9.10. The molecular weight excluding hydrogens is 387 g/mol. The number of unbranched alkanes of at least 4 members (excludes halogenated alkanes) is 6. The quantitative estimate of drug-likeness (QED) is 0.373. The Kier molecular flexibility index (Phi) is 13.8. The molecule has 0 saturated carbocycles. The van der Waals surface area contributed by atoms with Crippen molar-refractivity contribution in [3.05, 3.63) is 29.8 Å². The van der Waals surface area contributed by atoms with Crippen molar-refractivity contribution in [1.82, 2.24) is 0 Å². The van der Waals surface area contributed by atoms with Crippen LogP contribution in [0.15, 0.2) is 24.3 Å². The van der Waals surface area contributed by atoms with Crippen LogP contribution < -0.4 is 4.52 Å². The average molecular weight is 411 g/mol. The van der Waals surface area contributed by atoms with E-state index in [1.165, 1.54) is 44.9 Å². The molecule has 2 nitrogen and oxygen atoms in total. The molecule has 0 N–H and O–H groups in total. The van der Waals surface area contributed by atoms with Gasteiger partial charge in [0.05, 0.1) is 0 Å². The minimum atomic E-state index is -0.271. The van der Waals surface area contributed by atoms with Gasteiger partial charge in [-0.25, -0.2) is 4.57 Å². The van der Waals surface area contributed by atoms with E-state index < -0.39 is 0 Å². The average Bonchev–Trinajstić information content (AvgIpc) is 2.40. The van der Waals surface area contributed by atoms with Gasteiger partial charge in [-0.2, -0.15) is 0 Å². The Morgan fingerprint density at radius 3 is 2.32 bits per heavy atom. The second-order valence-corrected chi connectivity index (χ2v) is 4.98. The van der Waals surface area contributed by atoms with E-state index in [4.69, 9.17) is 4.52 Å². The first-order chi connectivity index (χ1) is 8.88. The van der Waals surface area contributed by atoms with Gasteiger partial charge in [0, 0.05) is 40.8 Å². The van der Waals surface area contributed by atoms with Crippen LogP contribution in [0.3, 0.4) is 0 Å². The minimum Gasteiger partial charge on any atom is -0.407 e. The van der Waals surface area contributed by atoms with Crippen molar-refractivity contribution in [3.63, 3.8) is 0 Å². The van der Waals surface area contributed by atoms with Crippen molar-refractivity contribution in [2.45, 2.75) is 58.3 Å². The van der Waals surface area contributed by atoms with Crippen LogP contribution in [0, 0.1) is 40.8 Å². The maximum absolute atomic E-state index is 10.5. The van der Waals surface area contributed by atoms with Crippen molar-refractivity contribution in [3.8, 4) is 5.75 Å². The fourth-order valence-electron chi connectivity index (χ4n) is 2.11. The second kappa shape index (κ2) is 13.5. The van der Waals surface area contributed by atoms with Gasteiger partial charge in [-0.05, 0) is 24.5 Å². The summed E-state index contributed by atoms with van der Waals surface area (Å²) in [6.07, 6.45) is 10.2. The van der Waals surface area contributed by atoms with Crippen LogP contribution in [0.25, 0.3) is 0 Å². The smallest absolute Gasteiger partial charge is 0.395 e. The van der Waals surface area contributed by atoms with Crippen LogP contribution in [-0.2, 0) is 11.0 Å². The first kappa shape index (κ1) is 19.5. The predicted molar refractivity (Wildman–Crippen MR) is 76.4 cm³/mol. The van der Waals surface area contributed by atoms with Crippen LogP contribution in [-0.4, -0.2) is 0 Å². The molecule has 0 aliphatic rings. The van der Waals surface area contributed by atoms with Gasteiger partial charge in [0.15, 0.2) is 0 Å². The third-order valence-electron chi connectivity index (χ3n) is 3.16. The van der Waals surface area contributed by atoms with Crippen molar-refractivity contribution in [2.24, 2.45) is 0 Å². The summed E-state index contributed by atoms with van der Waals surface area (Å²) >= 11 is 0. The normalized spacial score (nSPS) is 10.2. The Morgan fingerprint density at radius 2 is 1.63 bits per heavy atom. The molecule has 0 amide bonds. The maximum atomic E-state index is 10.5. The molecule has 0 atom stereocenters. The zero-order valence-corrected chi connectivity index (χ0v) is 15.8. The molecule has 1 rings (SSSR count). The molecule has 1 aromatic rings. The van der Waals surface area contributed by atoms with Gasteiger partial charge < -0.3 is 4.52 Å². The molecule has 0 saturated heterocycles. The van der Waals surface area contributed by atoms with E-state index in [-0.39, 0.29) is 49.5 Å². The molecule has 0 radical (unpaired) electrons. The van der Waals surface area contributed by atoms with Crippen LogP contribution >= 0.6 is 8.69 Å². The van der Waals surface area contributed by atoms with Crippen LogP contribution in [0.5, 0.6) is 5.75 Å². The van der Waals surface area contributed by atoms with Gasteiger partial charge >= 0.3 is 8.69 Å². The summed E-state index contributed by atoms with van der Waals surface area (Å²) in [6.45, 7) is 2.24.